The molecule has 1 rings (SSSR count). The first-order chi connectivity index (χ1) is 9.26. The van der Waals surface area contributed by atoms with Crippen molar-refractivity contribution in [3.05, 3.63) is 0 Å². The molecule has 1 aliphatic rings. The molecule has 1 aliphatic heterocycles. The predicted octanol–water partition coefficient (Wildman–Crippen LogP) is 1.76. The van der Waals surface area contributed by atoms with Crippen molar-refractivity contribution in [2.45, 2.75) is 58.4 Å². The summed E-state index contributed by atoms with van der Waals surface area (Å²) in [5.74, 6) is 0.205. The molecule has 0 bridgehead atoms. The van der Waals surface area contributed by atoms with Gasteiger partial charge in [0.1, 0.15) is 0 Å². The highest BCUT2D eigenvalue weighted by Crippen LogP contribution is 2.08. The maximum Gasteiger partial charge on any atom is 0.221 e. The van der Waals surface area contributed by atoms with E-state index in [1.54, 1.807) is 0 Å². The highest BCUT2D eigenvalue weighted by atomic mass is 16.1. The summed E-state index contributed by atoms with van der Waals surface area (Å²) in [6.07, 6.45) is 6.48. The van der Waals surface area contributed by atoms with Gasteiger partial charge in [-0.05, 0) is 58.3 Å². The fourth-order valence-corrected chi connectivity index (χ4v) is 2.73. The number of carbonyl (C=O) groups is 1. The zero-order valence-corrected chi connectivity index (χ0v) is 12.7. The van der Waals surface area contributed by atoms with Crippen LogP contribution in [0.25, 0.3) is 0 Å². The van der Waals surface area contributed by atoms with Crippen molar-refractivity contribution in [3.8, 4) is 0 Å². The Morgan fingerprint density at radius 3 is 2.58 bits per heavy atom. The van der Waals surface area contributed by atoms with Crippen molar-refractivity contribution in [1.29, 1.82) is 0 Å². The second-order valence-corrected chi connectivity index (χ2v) is 5.54. The number of rotatable bonds is 10. The zero-order chi connectivity index (χ0) is 13.9. The van der Waals surface area contributed by atoms with E-state index in [9.17, 15) is 4.79 Å². The molecular formula is C15H31N3O. The van der Waals surface area contributed by atoms with Gasteiger partial charge in [-0.25, -0.2) is 0 Å². The van der Waals surface area contributed by atoms with Gasteiger partial charge in [-0.3, -0.25) is 4.79 Å². The molecule has 2 N–H and O–H groups in total. The standard InChI is InChI=1S/C15H31N3O/c1-3-10-18(11-4-2)12-6-9-17-15(19)13-14-7-5-8-16-14/h14,16H,3-13H2,1-2H3,(H,17,19). The van der Waals surface area contributed by atoms with Crippen LogP contribution in [0.2, 0.25) is 0 Å². The third-order valence-corrected chi connectivity index (χ3v) is 3.65. The molecule has 0 aromatic carbocycles. The fourth-order valence-electron chi connectivity index (χ4n) is 2.73. The van der Waals surface area contributed by atoms with Crippen molar-refractivity contribution >= 4 is 5.91 Å². The van der Waals surface area contributed by atoms with Crippen LogP contribution in [-0.4, -0.2) is 49.6 Å². The van der Waals surface area contributed by atoms with Gasteiger partial charge in [-0.1, -0.05) is 13.8 Å². The maximum atomic E-state index is 11.7. The largest absolute Gasteiger partial charge is 0.356 e. The maximum absolute atomic E-state index is 11.7. The Balaban J connectivity index is 2.03. The van der Waals surface area contributed by atoms with E-state index in [0.717, 1.165) is 32.5 Å². The Bertz CT molecular complexity index is 234. The summed E-state index contributed by atoms with van der Waals surface area (Å²) >= 11 is 0. The normalized spacial score (nSPS) is 19.0. The summed E-state index contributed by atoms with van der Waals surface area (Å²) in [5, 5.41) is 6.40. The van der Waals surface area contributed by atoms with Gasteiger partial charge in [-0.15, -0.1) is 0 Å². The second kappa shape index (κ2) is 10.2. The molecule has 1 fully saturated rings. The van der Waals surface area contributed by atoms with Gasteiger partial charge in [0.2, 0.25) is 5.91 Å². The minimum atomic E-state index is 0.205. The number of amides is 1. The van der Waals surface area contributed by atoms with Crippen LogP contribution in [-0.2, 0) is 4.79 Å². The molecule has 0 spiro atoms. The van der Waals surface area contributed by atoms with Gasteiger partial charge < -0.3 is 15.5 Å². The molecule has 4 nitrogen and oxygen atoms in total. The van der Waals surface area contributed by atoms with Crippen molar-refractivity contribution < 1.29 is 4.79 Å². The summed E-state index contributed by atoms with van der Waals surface area (Å²) in [7, 11) is 0. The zero-order valence-electron chi connectivity index (χ0n) is 12.7. The molecule has 1 atom stereocenters. The minimum Gasteiger partial charge on any atom is -0.356 e. The Labute approximate surface area is 118 Å². The first-order valence-corrected chi connectivity index (χ1v) is 7.98. The van der Waals surface area contributed by atoms with Gasteiger partial charge in [0, 0.05) is 19.0 Å². The van der Waals surface area contributed by atoms with E-state index in [0.29, 0.717) is 12.5 Å². The van der Waals surface area contributed by atoms with Gasteiger partial charge in [0.25, 0.3) is 0 Å². The third-order valence-electron chi connectivity index (χ3n) is 3.65. The summed E-state index contributed by atoms with van der Waals surface area (Å²) in [4.78, 5) is 14.2. The molecule has 0 aromatic rings. The molecule has 1 amide bonds. The van der Waals surface area contributed by atoms with Gasteiger partial charge in [0.05, 0.1) is 0 Å². The van der Waals surface area contributed by atoms with E-state index in [1.165, 1.54) is 32.4 Å². The highest BCUT2D eigenvalue weighted by molar-refractivity contribution is 5.76. The number of hydrogen-bond donors (Lipinski definition) is 2. The lowest BCUT2D eigenvalue weighted by Crippen LogP contribution is -2.34. The molecule has 0 aromatic heterocycles. The predicted molar refractivity (Wildman–Crippen MR) is 80.3 cm³/mol. The van der Waals surface area contributed by atoms with E-state index < -0.39 is 0 Å². The van der Waals surface area contributed by atoms with E-state index in [2.05, 4.69) is 29.4 Å². The van der Waals surface area contributed by atoms with Crippen LogP contribution in [0.5, 0.6) is 0 Å². The molecule has 1 heterocycles. The highest BCUT2D eigenvalue weighted by Gasteiger charge is 2.17. The van der Waals surface area contributed by atoms with Crippen molar-refractivity contribution in [2.75, 3.05) is 32.7 Å². The average Bonchev–Trinajstić information content (AvgIpc) is 2.88. The van der Waals surface area contributed by atoms with Gasteiger partial charge >= 0.3 is 0 Å². The van der Waals surface area contributed by atoms with Crippen LogP contribution < -0.4 is 10.6 Å². The number of carbonyl (C=O) groups excluding carboxylic acids is 1. The number of nitrogens with one attached hydrogen (secondary N) is 2. The molecule has 0 saturated carbocycles. The second-order valence-electron chi connectivity index (χ2n) is 5.54. The molecule has 19 heavy (non-hydrogen) atoms. The first-order valence-electron chi connectivity index (χ1n) is 7.98. The van der Waals surface area contributed by atoms with Crippen LogP contribution >= 0.6 is 0 Å². The lowest BCUT2D eigenvalue weighted by molar-refractivity contribution is -0.121. The molecular weight excluding hydrogens is 238 g/mol. The van der Waals surface area contributed by atoms with Crippen LogP contribution in [0.15, 0.2) is 0 Å². The van der Waals surface area contributed by atoms with Crippen molar-refractivity contribution in [2.24, 2.45) is 0 Å². The molecule has 112 valence electrons. The smallest absolute Gasteiger partial charge is 0.221 e. The monoisotopic (exact) mass is 269 g/mol. The molecule has 0 radical (unpaired) electrons. The van der Waals surface area contributed by atoms with Crippen LogP contribution in [0.4, 0.5) is 0 Å². The molecule has 1 unspecified atom stereocenters. The summed E-state index contributed by atoms with van der Waals surface area (Å²) in [5.41, 5.74) is 0. The Morgan fingerprint density at radius 1 is 1.26 bits per heavy atom. The first kappa shape index (κ1) is 16.4. The SMILES string of the molecule is CCCN(CCC)CCCNC(=O)CC1CCCN1. The van der Waals surface area contributed by atoms with E-state index in [-0.39, 0.29) is 5.91 Å². The molecule has 4 heteroatoms. The van der Waals surface area contributed by atoms with E-state index in [1.807, 2.05) is 0 Å². The Kier molecular flexibility index (Phi) is 8.84. The van der Waals surface area contributed by atoms with Gasteiger partial charge in [-0.2, -0.15) is 0 Å². The van der Waals surface area contributed by atoms with Crippen molar-refractivity contribution in [3.63, 3.8) is 0 Å². The number of nitrogens with zero attached hydrogens (tertiary/aromatic N) is 1. The van der Waals surface area contributed by atoms with Crippen LogP contribution in [0.3, 0.4) is 0 Å². The van der Waals surface area contributed by atoms with Crippen LogP contribution in [0, 0.1) is 0 Å². The Morgan fingerprint density at radius 2 is 2.00 bits per heavy atom. The topological polar surface area (TPSA) is 44.4 Å². The van der Waals surface area contributed by atoms with E-state index >= 15 is 0 Å². The fraction of sp³-hybridized carbons (Fsp3) is 0.933. The molecule has 1 saturated heterocycles. The lowest BCUT2D eigenvalue weighted by atomic mass is 10.1. The summed E-state index contributed by atoms with van der Waals surface area (Å²) in [6, 6.07) is 0.414. The van der Waals surface area contributed by atoms with Crippen LogP contribution in [0.1, 0.15) is 52.4 Å². The minimum absolute atomic E-state index is 0.205. The van der Waals surface area contributed by atoms with E-state index in [4.69, 9.17) is 0 Å². The summed E-state index contributed by atoms with van der Waals surface area (Å²) in [6.45, 7) is 9.78. The van der Waals surface area contributed by atoms with Gasteiger partial charge in [0.15, 0.2) is 0 Å². The Hall–Kier alpha value is -0.610. The lowest BCUT2D eigenvalue weighted by Gasteiger charge is -2.20. The average molecular weight is 269 g/mol. The summed E-state index contributed by atoms with van der Waals surface area (Å²) < 4.78 is 0. The molecule has 0 aliphatic carbocycles. The quantitative estimate of drug-likeness (QED) is 0.594. The third kappa shape index (κ3) is 7.53. The van der Waals surface area contributed by atoms with Crippen molar-refractivity contribution in [1.82, 2.24) is 15.5 Å². The number of hydrogen-bond acceptors (Lipinski definition) is 3.